The fourth-order valence-electron chi connectivity index (χ4n) is 1.44. The van der Waals surface area contributed by atoms with Crippen molar-refractivity contribution in [3.05, 3.63) is 45.0 Å². The molecule has 1 N–H and O–H groups in total. The predicted molar refractivity (Wildman–Crippen MR) is 70.7 cm³/mol. The molecule has 0 saturated heterocycles. The maximum Gasteiger partial charge on any atom is 0.270 e. The van der Waals surface area contributed by atoms with E-state index in [-0.39, 0.29) is 5.91 Å². The van der Waals surface area contributed by atoms with Gasteiger partial charge in [0, 0.05) is 17.7 Å². The number of H-pyrrole nitrogens is 1. The van der Waals surface area contributed by atoms with E-state index in [1.165, 1.54) is 0 Å². The van der Waals surface area contributed by atoms with E-state index in [2.05, 4.69) is 36.8 Å². The van der Waals surface area contributed by atoms with Gasteiger partial charge in [0.15, 0.2) is 4.67 Å². The molecular weight excluding hydrogens is 352 g/mol. The van der Waals surface area contributed by atoms with Crippen molar-refractivity contribution in [1.82, 2.24) is 9.88 Å². The number of amides is 1. The van der Waals surface area contributed by atoms with E-state index in [9.17, 15) is 4.79 Å². The van der Waals surface area contributed by atoms with Crippen molar-refractivity contribution in [3.63, 3.8) is 0 Å². The molecule has 2 aromatic rings. The molecule has 0 spiro atoms. The smallest absolute Gasteiger partial charge is 0.270 e. The Bertz CT molecular complexity index is 533. The topological polar surface area (TPSA) is 49.2 Å². The Hall–Kier alpha value is -1.01. The van der Waals surface area contributed by atoms with E-state index in [4.69, 9.17) is 4.42 Å². The first-order valence-corrected chi connectivity index (χ1v) is 6.48. The molecule has 1 amide bonds. The van der Waals surface area contributed by atoms with Crippen molar-refractivity contribution in [2.45, 2.75) is 6.54 Å². The number of rotatable bonds is 3. The molecule has 0 unspecified atom stereocenters. The highest BCUT2D eigenvalue weighted by atomic mass is 79.9. The molecule has 0 aliphatic rings. The second kappa shape index (κ2) is 5.10. The number of carbonyl (C=O) groups is 1. The molecule has 0 aliphatic heterocycles. The van der Waals surface area contributed by atoms with E-state index in [0.29, 0.717) is 16.9 Å². The quantitative estimate of drug-likeness (QED) is 0.910. The third-order valence-corrected chi connectivity index (χ3v) is 3.13. The third kappa shape index (κ3) is 3.01. The second-order valence-electron chi connectivity index (χ2n) is 3.60. The van der Waals surface area contributed by atoms with E-state index in [1.54, 1.807) is 30.3 Å². The van der Waals surface area contributed by atoms with Gasteiger partial charge in [-0.05, 0) is 50.1 Å². The number of furan rings is 1. The zero-order valence-corrected chi connectivity index (χ0v) is 12.2. The summed E-state index contributed by atoms with van der Waals surface area (Å²) in [5.41, 5.74) is 0.546. The van der Waals surface area contributed by atoms with Crippen LogP contribution in [0.15, 0.2) is 38.0 Å². The molecule has 6 heteroatoms. The molecule has 2 rings (SSSR count). The first-order chi connectivity index (χ1) is 8.06. The summed E-state index contributed by atoms with van der Waals surface area (Å²) in [6.07, 6.45) is 1.73. The fourth-order valence-corrected chi connectivity index (χ4v) is 2.12. The number of halogens is 2. The van der Waals surface area contributed by atoms with E-state index < -0.39 is 0 Å². The molecule has 2 aromatic heterocycles. The Kier molecular flexibility index (Phi) is 3.73. The van der Waals surface area contributed by atoms with Crippen LogP contribution in [0.25, 0.3) is 0 Å². The Balaban J connectivity index is 2.05. The number of nitrogens with one attached hydrogen (secondary N) is 1. The Morgan fingerprint density at radius 2 is 2.24 bits per heavy atom. The van der Waals surface area contributed by atoms with Crippen LogP contribution in [-0.2, 0) is 6.54 Å². The highest BCUT2D eigenvalue weighted by Gasteiger charge is 2.15. The standard InChI is InChI=1S/C11H10Br2N2O2/c1-15(6-8-2-3-10(13)17-8)11(16)9-4-7(12)5-14-9/h2-5,14H,6H2,1H3. The number of nitrogens with zero attached hydrogens (tertiary/aromatic N) is 1. The first-order valence-electron chi connectivity index (χ1n) is 4.90. The monoisotopic (exact) mass is 360 g/mol. The van der Waals surface area contributed by atoms with Gasteiger partial charge in [-0.3, -0.25) is 4.79 Å². The number of aromatic amines is 1. The van der Waals surface area contributed by atoms with Crippen molar-refractivity contribution >= 4 is 37.8 Å². The average molecular weight is 362 g/mol. The van der Waals surface area contributed by atoms with Crippen molar-refractivity contribution in [2.24, 2.45) is 0 Å². The van der Waals surface area contributed by atoms with Gasteiger partial charge in [-0.15, -0.1) is 0 Å². The lowest BCUT2D eigenvalue weighted by Crippen LogP contribution is -2.26. The van der Waals surface area contributed by atoms with Crippen molar-refractivity contribution in [1.29, 1.82) is 0 Å². The molecule has 2 heterocycles. The predicted octanol–water partition coefficient (Wildman–Crippen LogP) is 3.40. The van der Waals surface area contributed by atoms with Crippen LogP contribution in [0, 0.1) is 0 Å². The van der Waals surface area contributed by atoms with E-state index in [0.717, 1.165) is 10.2 Å². The largest absolute Gasteiger partial charge is 0.452 e. The number of hydrogen-bond acceptors (Lipinski definition) is 2. The zero-order valence-electron chi connectivity index (χ0n) is 9.04. The molecule has 4 nitrogen and oxygen atoms in total. The summed E-state index contributed by atoms with van der Waals surface area (Å²) < 4.78 is 6.87. The summed E-state index contributed by atoms with van der Waals surface area (Å²) in [5.74, 6) is 0.654. The minimum Gasteiger partial charge on any atom is -0.452 e. The SMILES string of the molecule is CN(Cc1ccc(Br)o1)C(=O)c1cc(Br)c[nH]1. The maximum atomic E-state index is 12.0. The number of carbonyl (C=O) groups excluding carboxylic acids is 1. The van der Waals surface area contributed by atoms with Gasteiger partial charge in [-0.2, -0.15) is 0 Å². The van der Waals surface area contributed by atoms with Crippen molar-refractivity contribution in [3.8, 4) is 0 Å². The summed E-state index contributed by atoms with van der Waals surface area (Å²) in [7, 11) is 1.73. The number of aromatic nitrogens is 1. The van der Waals surface area contributed by atoms with Crippen LogP contribution in [0.2, 0.25) is 0 Å². The lowest BCUT2D eigenvalue weighted by Gasteiger charge is -2.14. The molecule has 0 radical (unpaired) electrons. The van der Waals surface area contributed by atoms with Crippen LogP contribution in [0.5, 0.6) is 0 Å². The van der Waals surface area contributed by atoms with Gasteiger partial charge >= 0.3 is 0 Å². The Labute approximate surface area is 115 Å². The minimum absolute atomic E-state index is 0.0803. The van der Waals surface area contributed by atoms with Crippen LogP contribution in [0.1, 0.15) is 16.2 Å². The molecule has 0 fully saturated rings. The van der Waals surface area contributed by atoms with Crippen LogP contribution >= 0.6 is 31.9 Å². The Morgan fingerprint density at radius 1 is 1.47 bits per heavy atom. The molecule has 0 bridgehead atoms. The highest BCUT2D eigenvalue weighted by Crippen LogP contribution is 2.17. The van der Waals surface area contributed by atoms with E-state index in [1.807, 2.05) is 6.07 Å². The van der Waals surface area contributed by atoms with Gasteiger partial charge < -0.3 is 14.3 Å². The van der Waals surface area contributed by atoms with Crippen molar-refractivity contribution in [2.75, 3.05) is 7.05 Å². The van der Waals surface area contributed by atoms with Gasteiger partial charge in [0.1, 0.15) is 11.5 Å². The summed E-state index contributed by atoms with van der Waals surface area (Å²) in [5, 5.41) is 0. The van der Waals surface area contributed by atoms with Gasteiger partial charge in [-0.25, -0.2) is 0 Å². The van der Waals surface area contributed by atoms with Gasteiger partial charge in [0.25, 0.3) is 5.91 Å². The van der Waals surface area contributed by atoms with Crippen molar-refractivity contribution < 1.29 is 9.21 Å². The summed E-state index contributed by atoms with van der Waals surface area (Å²) >= 11 is 6.52. The molecule has 90 valence electrons. The van der Waals surface area contributed by atoms with Gasteiger partial charge in [0.05, 0.1) is 6.54 Å². The van der Waals surface area contributed by atoms with Crippen LogP contribution in [-0.4, -0.2) is 22.8 Å². The number of hydrogen-bond donors (Lipinski definition) is 1. The highest BCUT2D eigenvalue weighted by molar-refractivity contribution is 9.10. The molecule has 0 atom stereocenters. The third-order valence-electron chi connectivity index (χ3n) is 2.25. The first kappa shape index (κ1) is 12.4. The molecule has 0 aliphatic carbocycles. The van der Waals surface area contributed by atoms with Gasteiger partial charge in [-0.1, -0.05) is 0 Å². The maximum absolute atomic E-state index is 12.0. The lowest BCUT2D eigenvalue weighted by atomic mass is 10.3. The Morgan fingerprint density at radius 3 is 2.76 bits per heavy atom. The normalized spacial score (nSPS) is 10.5. The average Bonchev–Trinajstić information content (AvgIpc) is 2.87. The van der Waals surface area contributed by atoms with Gasteiger partial charge in [0.2, 0.25) is 0 Å². The fraction of sp³-hybridized carbons (Fsp3) is 0.182. The molecule has 0 aromatic carbocycles. The molecular formula is C11H10Br2N2O2. The molecule has 0 saturated carbocycles. The second-order valence-corrected chi connectivity index (χ2v) is 5.30. The van der Waals surface area contributed by atoms with Crippen LogP contribution < -0.4 is 0 Å². The van der Waals surface area contributed by atoms with Crippen LogP contribution in [0.4, 0.5) is 0 Å². The minimum atomic E-state index is -0.0803. The summed E-state index contributed by atoms with van der Waals surface area (Å²) in [4.78, 5) is 16.5. The van der Waals surface area contributed by atoms with Crippen LogP contribution in [0.3, 0.4) is 0 Å². The summed E-state index contributed by atoms with van der Waals surface area (Å²) in [6.45, 7) is 0.432. The lowest BCUT2D eigenvalue weighted by molar-refractivity contribution is 0.0770. The zero-order chi connectivity index (χ0) is 12.4. The molecule has 17 heavy (non-hydrogen) atoms. The summed E-state index contributed by atoms with van der Waals surface area (Å²) in [6, 6.07) is 5.38. The van der Waals surface area contributed by atoms with E-state index >= 15 is 0 Å².